The van der Waals surface area contributed by atoms with E-state index in [1.54, 1.807) is 20.8 Å². The third-order valence-corrected chi connectivity index (χ3v) is 5.47. The molecule has 1 aromatic carbocycles. The average Bonchev–Trinajstić information content (AvgIpc) is 2.41. The van der Waals surface area contributed by atoms with Gasteiger partial charge in [0.15, 0.2) is 0 Å². The van der Waals surface area contributed by atoms with Gasteiger partial charge >= 0.3 is 6.09 Å². The van der Waals surface area contributed by atoms with Crippen LogP contribution in [0.3, 0.4) is 0 Å². The predicted molar refractivity (Wildman–Crippen MR) is 111 cm³/mol. The van der Waals surface area contributed by atoms with Crippen LogP contribution < -0.4 is 10.6 Å². The summed E-state index contributed by atoms with van der Waals surface area (Å²) in [6.07, 6.45) is 4.35. The van der Waals surface area contributed by atoms with Crippen molar-refractivity contribution in [3.05, 3.63) is 30.3 Å². The highest BCUT2D eigenvalue weighted by atomic mass is 127. The summed E-state index contributed by atoms with van der Waals surface area (Å²) in [5.74, 6) is 0.642. The summed E-state index contributed by atoms with van der Waals surface area (Å²) in [5, 5.41) is 5.55. The average molecular weight is 466 g/mol. The predicted octanol–water partition coefficient (Wildman–Crippen LogP) is 4.32. The molecule has 0 saturated heterocycles. The van der Waals surface area contributed by atoms with Gasteiger partial charge in [-0.3, -0.25) is 4.79 Å². The van der Waals surface area contributed by atoms with Crippen LogP contribution in [-0.4, -0.2) is 41.9 Å². The summed E-state index contributed by atoms with van der Waals surface area (Å²) < 4.78 is 5.28. The third kappa shape index (κ3) is 9.36. The van der Waals surface area contributed by atoms with Crippen LogP contribution in [0.1, 0.15) is 27.2 Å². The third-order valence-electron chi connectivity index (χ3n) is 2.94. The molecule has 0 heterocycles. The standard InChI is InChI=1S/C17H27IN2O3S/c1-17(2,3)23-16(22)20-14(11-12-24(4,5)18)15(21)19-13-9-7-6-8-10-13/h6-10,14H,11-12H2,1-5H3,(H,19,21)(H,20,22)/t14-/m1/s1. The molecule has 2 amide bonds. The van der Waals surface area contributed by atoms with Crippen molar-refractivity contribution in [2.45, 2.75) is 38.8 Å². The van der Waals surface area contributed by atoms with Crippen LogP contribution in [0.25, 0.3) is 0 Å². The molecule has 2 N–H and O–H groups in total. The second-order valence-electron chi connectivity index (χ2n) is 6.95. The smallest absolute Gasteiger partial charge is 0.408 e. The summed E-state index contributed by atoms with van der Waals surface area (Å²) in [4.78, 5) is 24.6. The Balaban J connectivity index is 2.76. The quantitative estimate of drug-likeness (QED) is 0.614. The van der Waals surface area contributed by atoms with Gasteiger partial charge in [0, 0.05) is 5.69 Å². The Labute approximate surface area is 158 Å². The number of halogens is 1. The lowest BCUT2D eigenvalue weighted by Crippen LogP contribution is -2.46. The minimum Gasteiger partial charge on any atom is -0.444 e. The molecule has 1 atom stereocenters. The van der Waals surface area contributed by atoms with E-state index in [4.69, 9.17) is 4.74 Å². The van der Waals surface area contributed by atoms with Crippen molar-refractivity contribution in [3.63, 3.8) is 0 Å². The maximum absolute atomic E-state index is 12.6. The van der Waals surface area contributed by atoms with Crippen molar-refractivity contribution < 1.29 is 14.3 Å². The Hall–Kier alpha value is -0.960. The van der Waals surface area contributed by atoms with Gasteiger partial charge in [0.2, 0.25) is 5.91 Å². The van der Waals surface area contributed by atoms with Crippen molar-refractivity contribution >= 4 is 46.1 Å². The lowest BCUT2D eigenvalue weighted by Gasteiger charge is -2.27. The zero-order valence-corrected chi connectivity index (χ0v) is 17.9. The molecule has 0 saturated carbocycles. The number of benzene rings is 1. The van der Waals surface area contributed by atoms with Crippen LogP contribution in [0.5, 0.6) is 0 Å². The zero-order chi connectivity index (χ0) is 18.4. The minimum absolute atomic E-state index is 0.230. The number of para-hydroxylation sites is 1. The number of alkyl carbamates (subject to hydrolysis) is 1. The zero-order valence-electron chi connectivity index (χ0n) is 14.9. The number of rotatable bonds is 6. The van der Waals surface area contributed by atoms with Crippen molar-refractivity contribution in [2.75, 3.05) is 23.6 Å². The molecule has 7 heteroatoms. The number of ether oxygens (including phenoxy) is 1. The second-order valence-corrected chi connectivity index (χ2v) is 17.3. The topological polar surface area (TPSA) is 67.4 Å². The van der Waals surface area contributed by atoms with E-state index in [1.165, 1.54) is 0 Å². The van der Waals surface area contributed by atoms with Crippen LogP contribution >= 0.6 is 28.4 Å². The van der Waals surface area contributed by atoms with E-state index in [-0.39, 0.29) is 5.91 Å². The Bertz CT molecular complexity index is 553. The fourth-order valence-electron chi connectivity index (χ4n) is 1.87. The Kier molecular flexibility index (Phi) is 7.85. The lowest BCUT2D eigenvalue weighted by atomic mass is 10.2. The highest BCUT2D eigenvalue weighted by Crippen LogP contribution is 2.49. The van der Waals surface area contributed by atoms with E-state index in [2.05, 4.69) is 44.4 Å². The molecule has 0 spiro atoms. The van der Waals surface area contributed by atoms with Gasteiger partial charge in [0.25, 0.3) is 0 Å². The second kappa shape index (κ2) is 8.94. The van der Waals surface area contributed by atoms with E-state index in [1.807, 2.05) is 30.3 Å². The molecule has 24 heavy (non-hydrogen) atoms. The minimum atomic E-state index is -0.799. The molecule has 5 nitrogen and oxygen atoms in total. The van der Waals surface area contributed by atoms with Gasteiger partial charge in [0.1, 0.15) is 11.6 Å². The molecule has 0 aliphatic carbocycles. The first-order chi connectivity index (χ1) is 11.0. The number of anilines is 1. The number of hydrogen-bond acceptors (Lipinski definition) is 3. The number of carbonyl (C=O) groups excluding carboxylic acids is 2. The number of hydrogen-bond donors (Lipinski definition) is 2. The highest BCUT2D eigenvalue weighted by molar-refractivity contribution is 14.2. The summed E-state index contributed by atoms with van der Waals surface area (Å²) in [6, 6.07) is 8.59. The van der Waals surface area contributed by atoms with Gasteiger partial charge in [0.05, 0.1) is 0 Å². The highest BCUT2D eigenvalue weighted by Gasteiger charge is 2.25. The summed E-state index contributed by atoms with van der Waals surface area (Å²) >= 11 is 2.42. The van der Waals surface area contributed by atoms with Crippen LogP contribution in [0, 0.1) is 0 Å². The molecule has 1 rings (SSSR count). The van der Waals surface area contributed by atoms with Crippen molar-refractivity contribution in [3.8, 4) is 0 Å². The number of carbonyl (C=O) groups is 2. The molecule has 0 bridgehead atoms. The van der Waals surface area contributed by atoms with E-state index in [0.717, 1.165) is 5.75 Å². The molecular formula is C17H27IN2O3S. The molecule has 0 fully saturated rings. The Morgan fingerprint density at radius 3 is 2.29 bits per heavy atom. The van der Waals surface area contributed by atoms with E-state index >= 15 is 0 Å². The molecular weight excluding hydrogens is 439 g/mol. The maximum atomic E-state index is 12.6. The normalized spacial score (nSPS) is 13.8. The van der Waals surface area contributed by atoms with Gasteiger partial charge in [-0.1, -0.05) is 18.2 Å². The SMILES string of the molecule is CC(C)(C)OC(=O)N[C@H](CCS(C)(C)I)C(=O)Nc1ccccc1. The van der Waals surface area contributed by atoms with Crippen molar-refractivity contribution in [2.24, 2.45) is 0 Å². The number of nitrogens with one attached hydrogen (secondary N) is 2. The van der Waals surface area contributed by atoms with Gasteiger partial charge in [-0.25, -0.2) is 4.79 Å². The van der Waals surface area contributed by atoms with Crippen LogP contribution in [0.4, 0.5) is 10.5 Å². The fraction of sp³-hybridized carbons (Fsp3) is 0.529. The molecule has 1 aromatic rings. The van der Waals surface area contributed by atoms with Crippen molar-refractivity contribution in [1.29, 1.82) is 0 Å². The van der Waals surface area contributed by atoms with Crippen LogP contribution in [0.15, 0.2) is 30.3 Å². The van der Waals surface area contributed by atoms with Gasteiger partial charge in [-0.2, -0.15) is 7.20 Å². The molecule has 0 unspecified atom stereocenters. The molecule has 136 valence electrons. The maximum Gasteiger partial charge on any atom is 0.408 e. The largest absolute Gasteiger partial charge is 0.444 e. The van der Waals surface area contributed by atoms with Crippen LogP contribution in [0.2, 0.25) is 0 Å². The van der Waals surface area contributed by atoms with E-state index in [9.17, 15) is 9.59 Å². The Morgan fingerprint density at radius 2 is 1.79 bits per heavy atom. The van der Waals surface area contributed by atoms with Gasteiger partial charge in [-0.05, 0) is 78.8 Å². The first-order valence-electron chi connectivity index (χ1n) is 7.72. The van der Waals surface area contributed by atoms with Gasteiger partial charge < -0.3 is 15.4 Å². The molecule has 0 aliphatic heterocycles. The fourth-order valence-corrected chi connectivity index (χ4v) is 3.43. The monoisotopic (exact) mass is 466 g/mol. The molecule has 0 radical (unpaired) electrons. The number of amides is 2. The van der Waals surface area contributed by atoms with Crippen molar-refractivity contribution in [1.82, 2.24) is 5.32 Å². The van der Waals surface area contributed by atoms with Gasteiger partial charge in [-0.15, -0.1) is 0 Å². The molecule has 0 aromatic heterocycles. The van der Waals surface area contributed by atoms with E-state index in [0.29, 0.717) is 12.1 Å². The first kappa shape index (κ1) is 21.1. The van der Waals surface area contributed by atoms with Crippen LogP contribution in [-0.2, 0) is 9.53 Å². The first-order valence-corrected chi connectivity index (χ1v) is 12.9. The molecule has 0 aliphatic rings. The van der Waals surface area contributed by atoms with E-state index < -0.39 is 24.9 Å². The lowest BCUT2D eigenvalue weighted by molar-refractivity contribution is -0.118. The Morgan fingerprint density at radius 1 is 1.21 bits per heavy atom. The summed E-state index contributed by atoms with van der Waals surface area (Å²) in [5.41, 5.74) is 0.109. The summed E-state index contributed by atoms with van der Waals surface area (Å²) in [7, 11) is -0.799. The summed E-state index contributed by atoms with van der Waals surface area (Å²) in [6.45, 7) is 5.39.